The van der Waals surface area contributed by atoms with E-state index >= 15 is 0 Å². The van der Waals surface area contributed by atoms with Crippen LogP contribution in [0.1, 0.15) is 25.0 Å². The third-order valence-corrected chi connectivity index (χ3v) is 3.50. The SMILES string of the molecule is COC(C)Cn1c(C(C)Cl)nc2cc(Cl)c(F)cc21. The van der Waals surface area contributed by atoms with Crippen molar-refractivity contribution in [2.24, 2.45) is 0 Å². The number of hydrogen-bond donors (Lipinski definition) is 0. The maximum Gasteiger partial charge on any atom is 0.144 e. The van der Waals surface area contributed by atoms with Gasteiger partial charge in [0.15, 0.2) is 0 Å². The van der Waals surface area contributed by atoms with Gasteiger partial charge in [0.25, 0.3) is 0 Å². The lowest BCUT2D eigenvalue weighted by molar-refractivity contribution is 0.103. The largest absolute Gasteiger partial charge is 0.380 e. The van der Waals surface area contributed by atoms with Gasteiger partial charge >= 0.3 is 0 Å². The quantitative estimate of drug-likeness (QED) is 0.793. The van der Waals surface area contributed by atoms with Gasteiger partial charge in [-0.3, -0.25) is 0 Å². The van der Waals surface area contributed by atoms with Crippen LogP contribution in [0.25, 0.3) is 11.0 Å². The zero-order valence-electron chi connectivity index (χ0n) is 11.0. The summed E-state index contributed by atoms with van der Waals surface area (Å²) in [7, 11) is 1.63. The first-order valence-electron chi connectivity index (χ1n) is 5.96. The summed E-state index contributed by atoms with van der Waals surface area (Å²) in [5.41, 5.74) is 1.31. The summed E-state index contributed by atoms with van der Waals surface area (Å²) in [5, 5.41) is -0.219. The Morgan fingerprint density at radius 2 is 2.11 bits per heavy atom. The Bertz CT molecular complexity index is 598. The van der Waals surface area contributed by atoms with Crippen LogP contribution in [0, 0.1) is 5.82 Å². The molecule has 0 aliphatic rings. The number of imidazole rings is 1. The third kappa shape index (κ3) is 2.86. The van der Waals surface area contributed by atoms with Gasteiger partial charge in [-0.1, -0.05) is 11.6 Å². The van der Waals surface area contributed by atoms with Gasteiger partial charge in [0.1, 0.15) is 11.6 Å². The summed E-state index contributed by atoms with van der Waals surface area (Å²) in [6, 6.07) is 2.90. The molecule has 3 nitrogen and oxygen atoms in total. The lowest BCUT2D eigenvalue weighted by atomic mass is 10.3. The van der Waals surface area contributed by atoms with E-state index in [0.717, 1.165) is 0 Å². The normalized spacial score (nSPS) is 14.8. The van der Waals surface area contributed by atoms with E-state index < -0.39 is 5.82 Å². The lowest BCUT2D eigenvalue weighted by Gasteiger charge is -2.15. The van der Waals surface area contributed by atoms with Gasteiger partial charge < -0.3 is 9.30 Å². The van der Waals surface area contributed by atoms with Gasteiger partial charge in [0.2, 0.25) is 0 Å². The van der Waals surface area contributed by atoms with Crippen LogP contribution >= 0.6 is 23.2 Å². The minimum absolute atomic E-state index is 0.0229. The predicted octanol–water partition coefficient (Wildman–Crippen LogP) is 4.16. The molecular weight excluding hydrogens is 290 g/mol. The second kappa shape index (κ2) is 5.65. The predicted molar refractivity (Wildman–Crippen MR) is 75.4 cm³/mol. The van der Waals surface area contributed by atoms with Gasteiger partial charge in [0.05, 0.1) is 34.1 Å². The van der Waals surface area contributed by atoms with Crippen LogP contribution in [-0.2, 0) is 11.3 Å². The highest BCUT2D eigenvalue weighted by molar-refractivity contribution is 6.31. The fourth-order valence-electron chi connectivity index (χ4n) is 1.97. The maximum atomic E-state index is 13.6. The Kier molecular flexibility index (Phi) is 4.33. The summed E-state index contributed by atoms with van der Waals surface area (Å²) in [6.45, 7) is 4.32. The van der Waals surface area contributed by atoms with E-state index in [4.69, 9.17) is 27.9 Å². The smallest absolute Gasteiger partial charge is 0.144 e. The molecular formula is C13H15Cl2FN2O. The van der Waals surface area contributed by atoms with E-state index in [1.54, 1.807) is 7.11 Å². The third-order valence-electron chi connectivity index (χ3n) is 3.02. The molecule has 0 radical (unpaired) electrons. The fraction of sp³-hybridized carbons (Fsp3) is 0.462. The average Bonchev–Trinajstić information content (AvgIpc) is 2.68. The van der Waals surface area contributed by atoms with Gasteiger partial charge in [-0.2, -0.15) is 0 Å². The average molecular weight is 305 g/mol. The Balaban J connectivity index is 2.62. The standard InChI is InChI=1S/C13H15Cl2FN2O/c1-7(19-3)6-18-12-5-10(16)9(15)4-11(12)17-13(18)8(2)14/h4-5,7-8H,6H2,1-3H3. The molecule has 0 saturated heterocycles. The molecule has 0 fully saturated rings. The molecule has 1 heterocycles. The number of rotatable bonds is 4. The van der Waals surface area contributed by atoms with Crippen molar-refractivity contribution < 1.29 is 9.13 Å². The first-order valence-corrected chi connectivity index (χ1v) is 6.77. The Hall–Kier alpha value is -0.840. The number of alkyl halides is 1. The van der Waals surface area contributed by atoms with E-state index in [-0.39, 0.29) is 16.5 Å². The zero-order chi connectivity index (χ0) is 14.2. The van der Waals surface area contributed by atoms with Crippen LogP contribution in [0.5, 0.6) is 0 Å². The Morgan fingerprint density at radius 1 is 1.42 bits per heavy atom. The van der Waals surface area contributed by atoms with Crippen molar-refractivity contribution in [1.29, 1.82) is 0 Å². The number of halogens is 3. The molecule has 0 aliphatic heterocycles. The summed E-state index contributed by atoms with van der Waals surface area (Å²) < 4.78 is 20.7. The highest BCUT2D eigenvalue weighted by atomic mass is 35.5. The van der Waals surface area contributed by atoms with Crippen molar-refractivity contribution in [3.8, 4) is 0 Å². The van der Waals surface area contributed by atoms with E-state index in [0.29, 0.717) is 23.4 Å². The topological polar surface area (TPSA) is 27.1 Å². The van der Waals surface area contributed by atoms with Crippen LogP contribution in [0.2, 0.25) is 5.02 Å². The number of methoxy groups -OCH3 is 1. The molecule has 1 aromatic carbocycles. The van der Waals surface area contributed by atoms with Crippen molar-refractivity contribution in [1.82, 2.24) is 9.55 Å². The molecule has 0 spiro atoms. The summed E-state index contributed by atoms with van der Waals surface area (Å²) in [4.78, 5) is 4.43. The van der Waals surface area contributed by atoms with Gasteiger partial charge in [-0.05, 0) is 19.9 Å². The molecule has 0 bridgehead atoms. The minimum Gasteiger partial charge on any atom is -0.380 e. The van der Waals surface area contributed by atoms with Crippen LogP contribution in [-0.4, -0.2) is 22.8 Å². The molecule has 6 heteroatoms. The maximum absolute atomic E-state index is 13.6. The van der Waals surface area contributed by atoms with E-state index in [1.807, 2.05) is 18.4 Å². The lowest BCUT2D eigenvalue weighted by Crippen LogP contribution is -2.17. The fourth-order valence-corrected chi connectivity index (χ4v) is 2.29. The van der Waals surface area contributed by atoms with Crippen LogP contribution in [0.15, 0.2) is 12.1 Å². The zero-order valence-corrected chi connectivity index (χ0v) is 12.5. The molecule has 1 aromatic heterocycles. The van der Waals surface area contributed by atoms with Crippen molar-refractivity contribution in [2.75, 3.05) is 7.11 Å². The van der Waals surface area contributed by atoms with E-state index in [2.05, 4.69) is 4.98 Å². The molecule has 0 aliphatic carbocycles. The summed E-state index contributed by atoms with van der Waals surface area (Å²) in [5.74, 6) is 0.219. The second-order valence-corrected chi connectivity index (χ2v) is 5.56. The molecule has 2 aromatic rings. The van der Waals surface area contributed by atoms with Crippen molar-refractivity contribution in [2.45, 2.75) is 31.9 Å². The molecule has 2 rings (SSSR count). The molecule has 0 amide bonds. The first kappa shape index (κ1) is 14.6. The summed E-state index contributed by atoms with van der Waals surface area (Å²) >= 11 is 11.9. The highest BCUT2D eigenvalue weighted by Gasteiger charge is 2.18. The van der Waals surface area contributed by atoms with Crippen molar-refractivity contribution in [3.05, 3.63) is 28.8 Å². The number of aromatic nitrogens is 2. The van der Waals surface area contributed by atoms with Gasteiger partial charge in [-0.15, -0.1) is 11.6 Å². The van der Waals surface area contributed by atoms with Crippen LogP contribution < -0.4 is 0 Å². The number of nitrogens with zero attached hydrogens (tertiary/aromatic N) is 2. The molecule has 2 atom stereocenters. The minimum atomic E-state index is -0.464. The Morgan fingerprint density at radius 3 is 2.68 bits per heavy atom. The monoisotopic (exact) mass is 304 g/mol. The van der Waals surface area contributed by atoms with Crippen molar-refractivity contribution in [3.63, 3.8) is 0 Å². The van der Waals surface area contributed by atoms with E-state index in [1.165, 1.54) is 12.1 Å². The summed E-state index contributed by atoms with van der Waals surface area (Å²) in [6.07, 6.45) is -0.0229. The molecule has 104 valence electrons. The number of ether oxygens (including phenoxy) is 1. The van der Waals surface area contributed by atoms with Crippen LogP contribution in [0.4, 0.5) is 4.39 Å². The molecule has 0 N–H and O–H groups in total. The van der Waals surface area contributed by atoms with Gasteiger partial charge in [-0.25, -0.2) is 9.37 Å². The highest BCUT2D eigenvalue weighted by Crippen LogP contribution is 2.28. The van der Waals surface area contributed by atoms with Crippen molar-refractivity contribution >= 4 is 34.2 Å². The molecule has 0 saturated carbocycles. The molecule has 19 heavy (non-hydrogen) atoms. The number of benzene rings is 1. The number of hydrogen-bond acceptors (Lipinski definition) is 2. The Labute approximate surface area is 121 Å². The van der Waals surface area contributed by atoms with E-state index in [9.17, 15) is 4.39 Å². The van der Waals surface area contributed by atoms with Crippen LogP contribution in [0.3, 0.4) is 0 Å². The molecule has 2 unspecified atom stereocenters. The number of fused-ring (bicyclic) bond motifs is 1. The van der Waals surface area contributed by atoms with Gasteiger partial charge in [0, 0.05) is 13.2 Å². The second-order valence-electron chi connectivity index (χ2n) is 4.50. The first-order chi connectivity index (χ1) is 8.93.